The second kappa shape index (κ2) is 5.43. The molecule has 2 aromatic carbocycles. The Kier molecular flexibility index (Phi) is 3.67. The molecule has 3 heteroatoms. The molecule has 0 saturated heterocycles. The topological polar surface area (TPSA) is 12.9 Å². The highest BCUT2D eigenvalue weighted by Crippen LogP contribution is 2.33. The third-order valence-corrected chi connectivity index (χ3v) is 4.48. The summed E-state index contributed by atoms with van der Waals surface area (Å²) < 4.78 is 2.16. The van der Waals surface area contributed by atoms with Gasteiger partial charge in [0.15, 0.2) is 0 Å². The average molecular weight is 377 g/mol. The van der Waals surface area contributed by atoms with Gasteiger partial charge in [-0.3, -0.25) is 4.98 Å². The zero-order valence-corrected chi connectivity index (χ0v) is 13.3. The Morgan fingerprint density at radius 2 is 1.68 bits per heavy atom. The van der Waals surface area contributed by atoms with Crippen molar-refractivity contribution in [1.82, 2.24) is 4.98 Å². The fourth-order valence-electron chi connectivity index (χ4n) is 2.20. The monoisotopic (exact) mass is 375 g/mol. The summed E-state index contributed by atoms with van der Waals surface area (Å²) in [5.41, 5.74) is 3.56. The lowest BCUT2D eigenvalue weighted by atomic mass is 10.0. The van der Waals surface area contributed by atoms with Crippen LogP contribution < -0.4 is 0 Å². The van der Waals surface area contributed by atoms with Crippen molar-refractivity contribution < 1.29 is 0 Å². The van der Waals surface area contributed by atoms with E-state index in [1.165, 1.54) is 11.1 Å². The van der Waals surface area contributed by atoms with Crippen LogP contribution in [0.25, 0.3) is 10.9 Å². The summed E-state index contributed by atoms with van der Waals surface area (Å²) in [4.78, 5) is 4.54. The molecule has 0 amide bonds. The molecule has 0 aliphatic rings. The third kappa shape index (κ3) is 2.58. The average Bonchev–Trinajstić information content (AvgIpc) is 2.45. The lowest BCUT2D eigenvalue weighted by molar-refractivity contribution is 1.18. The number of nitrogens with zero attached hydrogens (tertiary/aromatic N) is 1. The Morgan fingerprint density at radius 3 is 2.47 bits per heavy atom. The predicted octanol–water partition coefficient (Wildman–Crippen LogP) is 5.35. The number of hydrogen-bond donors (Lipinski definition) is 0. The maximum absolute atomic E-state index is 4.54. The van der Waals surface area contributed by atoms with E-state index >= 15 is 0 Å². The van der Waals surface area contributed by atoms with E-state index in [0.29, 0.717) is 0 Å². The first kappa shape index (κ1) is 12.8. The number of rotatable bonds is 2. The summed E-state index contributed by atoms with van der Waals surface area (Å²) in [7, 11) is 0. The van der Waals surface area contributed by atoms with E-state index in [0.717, 1.165) is 26.3 Å². The molecular formula is C16H11Br2N. The summed E-state index contributed by atoms with van der Waals surface area (Å²) >= 11 is 7.25. The lowest BCUT2D eigenvalue weighted by Gasteiger charge is -2.10. The van der Waals surface area contributed by atoms with Crippen molar-refractivity contribution in [3.8, 4) is 0 Å². The van der Waals surface area contributed by atoms with Gasteiger partial charge in [-0.1, -0.05) is 68.3 Å². The van der Waals surface area contributed by atoms with Crippen molar-refractivity contribution in [2.24, 2.45) is 0 Å². The van der Waals surface area contributed by atoms with Crippen LogP contribution in [0.15, 0.2) is 63.7 Å². The molecule has 0 aliphatic carbocycles. The van der Waals surface area contributed by atoms with E-state index in [9.17, 15) is 0 Å². The number of fused-ring (bicyclic) bond motifs is 1. The Labute approximate surface area is 128 Å². The normalized spacial score (nSPS) is 10.8. The molecule has 0 N–H and O–H groups in total. The summed E-state index contributed by atoms with van der Waals surface area (Å²) in [5, 5.41) is 1.15. The number of benzene rings is 2. The molecule has 0 atom stereocenters. The Balaban J connectivity index is 2.18. The van der Waals surface area contributed by atoms with Gasteiger partial charge in [0.05, 0.1) is 5.52 Å². The highest BCUT2D eigenvalue weighted by atomic mass is 79.9. The second-order valence-electron chi connectivity index (χ2n) is 4.38. The van der Waals surface area contributed by atoms with Gasteiger partial charge in [-0.2, -0.15) is 0 Å². The molecule has 3 aromatic rings. The summed E-state index contributed by atoms with van der Waals surface area (Å²) in [6, 6.07) is 16.6. The molecule has 0 bridgehead atoms. The van der Waals surface area contributed by atoms with Gasteiger partial charge in [0.25, 0.3) is 0 Å². The lowest BCUT2D eigenvalue weighted by Crippen LogP contribution is -1.94. The third-order valence-electron chi connectivity index (χ3n) is 3.12. The minimum absolute atomic E-state index is 0.877. The Hall–Kier alpha value is -1.19. The van der Waals surface area contributed by atoms with Crippen LogP contribution in [-0.4, -0.2) is 4.98 Å². The van der Waals surface area contributed by atoms with Crippen molar-refractivity contribution in [3.63, 3.8) is 0 Å². The molecule has 0 saturated carbocycles. The molecule has 0 spiro atoms. The number of halogens is 2. The van der Waals surface area contributed by atoms with Crippen molar-refractivity contribution in [3.05, 3.63) is 74.8 Å². The molecule has 94 valence electrons. The molecule has 1 heterocycles. The van der Waals surface area contributed by atoms with Crippen molar-refractivity contribution in [1.29, 1.82) is 0 Å². The maximum atomic E-state index is 4.54. The molecule has 1 nitrogen and oxygen atoms in total. The van der Waals surface area contributed by atoms with Gasteiger partial charge in [0.1, 0.15) is 0 Å². The van der Waals surface area contributed by atoms with Gasteiger partial charge in [0, 0.05) is 26.9 Å². The largest absolute Gasteiger partial charge is 0.256 e. The molecule has 0 radical (unpaired) electrons. The van der Waals surface area contributed by atoms with Crippen LogP contribution >= 0.6 is 31.9 Å². The van der Waals surface area contributed by atoms with Crippen LogP contribution in [-0.2, 0) is 6.42 Å². The van der Waals surface area contributed by atoms with E-state index in [1.54, 1.807) is 0 Å². The first-order valence-corrected chi connectivity index (χ1v) is 7.60. The van der Waals surface area contributed by atoms with Gasteiger partial charge in [-0.05, 0) is 23.3 Å². The van der Waals surface area contributed by atoms with Gasteiger partial charge in [-0.15, -0.1) is 0 Å². The quantitative estimate of drug-likeness (QED) is 0.587. The predicted molar refractivity (Wildman–Crippen MR) is 86.4 cm³/mol. The standard InChI is InChI=1S/C16H11Br2N/c17-14-10-15(18)13(9-11-5-2-1-3-6-11)16-12(14)7-4-8-19-16/h1-8,10H,9H2. The van der Waals surface area contributed by atoms with Crippen molar-refractivity contribution in [2.45, 2.75) is 6.42 Å². The second-order valence-corrected chi connectivity index (χ2v) is 6.09. The molecule has 0 fully saturated rings. The number of pyridine rings is 1. The number of hydrogen-bond acceptors (Lipinski definition) is 1. The fourth-order valence-corrected chi connectivity index (χ4v) is 3.61. The van der Waals surface area contributed by atoms with Crippen LogP contribution in [0.5, 0.6) is 0 Å². The minimum Gasteiger partial charge on any atom is -0.256 e. The van der Waals surface area contributed by atoms with E-state index < -0.39 is 0 Å². The summed E-state index contributed by atoms with van der Waals surface area (Å²) in [6.45, 7) is 0. The zero-order chi connectivity index (χ0) is 13.2. The van der Waals surface area contributed by atoms with Gasteiger partial charge >= 0.3 is 0 Å². The fraction of sp³-hybridized carbons (Fsp3) is 0.0625. The van der Waals surface area contributed by atoms with Crippen LogP contribution in [0.4, 0.5) is 0 Å². The summed E-state index contributed by atoms with van der Waals surface area (Å²) in [6.07, 6.45) is 2.72. The highest BCUT2D eigenvalue weighted by molar-refractivity contribution is 9.11. The highest BCUT2D eigenvalue weighted by Gasteiger charge is 2.10. The SMILES string of the molecule is Brc1cc(Br)c2cccnc2c1Cc1ccccc1. The van der Waals surface area contributed by atoms with Crippen molar-refractivity contribution in [2.75, 3.05) is 0 Å². The van der Waals surface area contributed by atoms with Crippen LogP contribution in [0.1, 0.15) is 11.1 Å². The zero-order valence-electron chi connectivity index (χ0n) is 10.1. The minimum atomic E-state index is 0.877. The van der Waals surface area contributed by atoms with E-state index in [4.69, 9.17) is 0 Å². The Morgan fingerprint density at radius 1 is 0.895 bits per heavy atom. The first-order valence-electron chi connectivity index (χ1n) is 6.01. The van der Waals surface area contributed by atoms with Crippen molar-refractivity contribution >= 4 is 42.8 Å². The van der Waals surface area contributed by atoms with Crippen LogP contribution in [0, 0.1) is 0 Å². The molecule has 3 rings (SSSR count). The molecule has 0 aliphatic heterocycles. The van der Waals surface area contributed by atoms with Gasteiger partial charge in [0.2, 0.25) is 0 Å². The summed E-state index contributed by atoms with van der Waals surface area (Å²) in [5.74, 6) is 0. The molecule has 1 aromatic heterocycles. The number of aromatic nitrogens is 1. The van der Waals surface area contributed by atoms with E-state index in [1.807, 2.05) is 18.3 Å². The van der Waals surface area contributed by atoms with E-state index in [2.05, 4.69) is 73.2 Å². The van der Waals surface area contributed by atoms with Gasteiger partial charge < -0.3 is 0 Å². The van der Waals surface area contributed by atoms with E-state index in [-0.39, 0.29) is 0 Å². The maximum Gasteiger partial charge on any atom is 0.0759 e. The van der Waals surface area contributed by atoms with Crippen LogP contribution in [0.2, 0.25) is 0 Å². The first-order chi connectivity index (χ1) is 9.25. The smallest absolute Gasteiger partial charge is 0.0759 e. The molecule has 19 heavy (non-hydrogen) atoms. The Bertz CT molecular complexity index is 723. The molecule has 0 unspecified atom stereocenters. The molecular weight excluding hydrogens is 366 g/mol. The van der Waals surface area contributed by atoms with Crippen LogP contribution in [0.3, 0.4) is 0 Å². The van der Waals surface area contributed by atoms with Gasteiger partial charge in [-0.25, -0.2) is 0 Å².